The first-order valence-corrected chi connectivity index (χ1v) is 5.76. The van der Waals surface area contributed by atoms with E-state index in [9.17, 15) is 9.90 Å². The van der Waals surface area contributed by atoms with Gasteiger partial charge >= 0.3 is 0 Å². The predicted octanol–water partition coefficient (Wildman–Crippen LogP) is 2.19. The second-order valence-corrected chi connectivity index (χ2v) is 4.00. The van der Waals surface area contributed by atoms with Crippen LogP contribution in [0.4, 0.5) is 0 Å². The molecule has 0 heterocycles. The molecule has 2 N–H and O–H groups in total. The lowest BCUT2D eigenvalue weighted by molar-refractivity contribution is 0.0950. The van der Waals surface area contributed by atoms with Gasteiger partial charge in [-0.25, -0.2) is 0 Å². The van der Waals surface area contributed by atoms with Crippen LogP contribution >= 0.6 is 0 Å². The first-order chi connectivity index (χ1) is 9.20. The summed E-state index contributed by atoms with van der Waals surface area (Å²) in [6.07, 6.45) is 0. The Hall–Kier alpha value is -2.80. The van der Waals surface area contributed by atoms with Crippen molar-refractivity contribution in [1.29, 1.82) is 5.26 Å². The van der Waals surface area contributed by atoms with Gasteiger partial charge in [-0.3, -0.25) is 4.79 Å². The first-order valence-electron chi connectivity index (χ1n) is 5.76. The zero-order valence-electron chi connectivity index (χ0n) is 10.1. The van der Waals surface area contributed by atoms with E-state index in [4.69, 9.17) is 5.26 Å². The molecular formula is C15H12N2O2. The maximum atomic E-state index is 11.9. The molecule has 0 aliphatic heterocycles. The summed E-state index contributed by atoms with van der Waals surface area (Å²) in [7, 11) is 0. The van der Waals surface area contributed by atoms with Crippen molar-refractivity contribution >= 4 is 5.91 Å². The summed E-state index contributed by atoms with van der Waals surface area (Å²) < 4.78 is 0. The minimum absolute atomic E-state index is 0.147. The molecule has 2 aromatic carbocycles. The van der Waals surface area contributed by atoms with Gasteiger partial charge in [0.1, 0.15) is 5.75 Å². The van der Waals surface area contributed by atoms with Crippen LogP contribution < -0.4 is 5.32 Å². The molecule has 0 spiro atoms. The number of rotatable bonds is 3. The van der Waals surface area contributed by atoms with Crippen LogP contribution in [0.3, 0.4) is 0 Å². The van der Waals surface area contributed by atoms with Gasteiger partial charge in [-0.1, -0.05) is 24.3 Å². The maximum Gasteiger partial charge on any atom is 0.251 e. The van der Waals surface area contributed by atoms with E-state index in [1.165, 1.54) is 6.07 Å². The molecule has 0 saturated heterocycles. The molecule has 19 heavy (non-hydrogen) atoms. The third kappa shape index (κ3) is 3.11. The quantitative estimate of drug-likeness (QED) is 0.879. The van der Waals surface area contributed by atoms with Crippen LogP contribution in [-0.4, -0.2) is 11.0 Å². The summed E-state index contributed by atoms with van der Waals surface area (Å²) in [6, 6.07) is 15.3. The van der Waals surface area contributed by atoms with Crippen molar-refractivity contribution in [2.75, 3.05) is 0 Å². The van der Waals surface area contributed by atoms with Crippen LogP contribution in [0.15, 0.2) is 48.5 Å². The van der Waals surface area contributed by atoms with Gasteiger partial charge in [0.05, 0.1) is 11.6 Å². The summed E-state index contributed by atoms with van der Waals surface area (Å²) in [5, 5.41) is 21.1. The van der Waals surface area contributed by atoms with Gasteiger partial charge < -0.3 is 10.4 Å². The summed E-state index contributed by atoms with van der Waals surface area (Å²) in [5.74, 6) is -0.131. The number of hydrogen-bond acceptors (Lipinski definition) is 3. The normalized spacial score (nSPS) is 9.63. The lowest BCUT2D eigenvalue weighted by Gasteiger charge is -2.07. The molecule has 0 unspecified atom stereocenters. The highest BCUT2D eigenvalue weighted by Crippen LogP contribution is 2.15. The van der Waals surface area contributed by atoms with Crippen molar-refractivity contribution in [2.24, 2.45) is 0 Å². The molecule has 0 aliphatic carbocycles. The van der Waals surface area contributed by atoms with E-state index >= 15 is 0 Å². The zero-order chi connectivity index (χ0) is 13.7. The second kappa shape index (κ2) is 5.69. The van der Waals surface area contributed by atoms with Crippen LogP contribution in [0.1, 0.15) is 21.5 Å². The zero-order valence-corrected chi connectivity index (χ0v) is 10.1. The minimum atomic E-state index is -0.277. The molecule has 0 bridgehead atoms. The van der Waals surface area contributed by atoms with Crippen molar-refractivity contribution in [3.8, 4) is 11.8 Å². The summed E-state index contributed by atoms with van der Waals surface area (Å²) in [6.45, 7) is 0.238. The number of nitrogens with one attached hydrogen (secondary N) is 1. The van der Waals surface area contributed by atoms with Gasteiger partial charge in [-0.05, 0) is 24.3 Å². The molecule has 0 fully saturated rings. The third-order valence-electron chi connectivity index (χ3n) is 2.68. The van der Waals surface area contributed by atoms with Crippen LogP contribution in [0.2, 0.25) is 0 Å². The average Bonchev–Trinajstić information content (AvgIpc) is 2.46. The van der Waals surface area contributed by atoms with Crippen LogP contribution in [0.25, 0.3) is 0 Å². The van der Waals surface area contributed by atoms with E-state index in [1.54, 1.807) is 42.5 Å². The van der Waals surface area contributed by atoms with Gasteiger partial charge in [0, 0.05) is 17.7 Å². The van der Waals surface area contributed by atoms with Crippen molar-refractivity contribution in [3.05, 3.63) is 65.2 Å². The third-order valence-corrected chi connectivity index (χ3v) is 2.68. The summed E-state index contributed by atoms with van der Waals surface area (Å²) in [4.78, 5) is 11.9. The van der Waals surface area contributed by atoms with Crippen molar-refractivity contribution < 1.29 is 9.90 Å². The number of carbonyl (C=O) groups is 1. The number of aromatic hydroxyl groups is 1. The predicted molar refractivity (Wildman–Crippen MR) is 70.4 cm³/mol. The van der Waals surface area contributed by atoms with E-state index in [0.29, 0.717) is 16.7 Å². The lowest BCUT2D eigenvalue weighted by Crippen LogP contribution is -2.22. The number of carbonyl (C=O) groups excluding carboxylic acids is 1. The molecule has 4 nitrogen and oxygen atoms in total. The van der Waals surface area contributed by atoms with E-state index in [0.717, 1.165) is 0 Å². The highest BCUT2D eigenvalue weighted by Gasteiger charge is 2.07. The van der Waals surface area contributed by atoms with Crippen LogP contribution in [0, 0.1) is 11.3 Å². The SMILES string of the molecule is N#Cc1cccc(C(=O)NCc2ccccc2O)c1. The highest BCUT2D eigenvalue weighted by atomic mass is 16.3. The minimum Gasteiger partial charge on any atom is -0.508 e. The van der Waals surface area contributed by atoms with Crippen LogP contribution in [0.5, 0.6) is 5.75 Å². The number of para-hydroxylation sites is 1. The fourth-order valence-corrected chi connectivity index (χ4v) is 1.67. The number of phenolic OH excluding ortho intramolecular Hbond substituents is 1. The monoisotopic (exact) mass is 252 g/mol. The molecular weight excluding hydrogens is 240 g/mol. The Balaban J connectivity index is 2.06. The first kappa shape index (κ1) is 12.7. The number of hydrogen-bond donors (Lipinski definition) is 2. The molecule has 4 heteroatoms. The van der Waals surface area contributed by atoms with Gasteiger partial charge in [0.15, 0.2) is 0 Å². The van der Waals surface area contributed by atoms with E-state index in [-0.39, 0.29) is 18.2 Å². The highest BCUT2D eigenvalue weighted by molar-refractivity contribution is 5.94. The lowest BCUT2D eigenvalue weighted by atomic mass is 10.1. The number of nitriles is 1. The largest absolute Gasteiger partial charge is 0.508 e. The fraction of sp³-hybridized carbons (Fsp3) is 0.0667. The smallest absolute Gasteiger partial charge is 0.251 e. The Labute approximate surface area is 110 Å². The standard InChI is InChI=1S/C15H12N2O2/c16-9-11-4-3-6-12(8-11)15(19)17-10-13-5-1-2-7-14(13)18/h1-8,18H,10H2,(H,17,19). The molecule has 0 aromatic heterocycles. The number of benzene rings is 2. The molecule has 2 aromatic rings. The van der Waals surface area contributed by atoms with E-state index in [1.807, 2.05) is 6.07 Å². The molecule has 0 radical (unpaired) electrons. The molecule has 0 atom stereocenters. The number of phenols is 1. The van der Waals surface area contributed by atoms with Crippen molar-refractivity contribution in [1.82, 2.24) is 5.32 Å². The number of nitrogens with zero attached hydrogens (tertiary/aromatic N) is 1. The average molecular weight is 252 g/mol. The molecule has 0 aliphatic rings. The summed E-state index contributed by atoms with van der Waals surface area (Å²) >= 11 is 0. The Kier molecular flexibility index (Phi) is 3.79. The Morgan fingerprint density at radius 2 is 2.00 bits per heavy atom. The maximum absolute atomic E-state index is 11.9. The van der Waals surface area contributed by atoms with Gasteiger partial charge in [0.25, 0.3) is 5.91 Å². The second-order valence-electron chi connectivity index (χ2n) is 4.00. The Morgan fingerprint density at radius 3 is 2.74 bits per heavy atom. The molecule has 2 rings (SSSR count). The molecule has 1 amide bonds. The molecule has 0 saturated carbocycles. The van der Waals surface area contributed by atoms with Crippen molar-refractivity contribution in [2.45, 2.75) is 6.54 Å². The van der Waals surface area contributed by atoms with E-state index in [2.05, 4.69) is 5.32 Å². The summed E-state index contributed by atoms with van der Waals surface area (Å²) in [5.41, 5.74) is 1.51. The topological polar surface area (TPSA) is 73.1 Å². The van der Waals surface area contributed by atoms with E-state index < -0.39 is 0 Å². The number of amides is 1. The van der Waals surface area contributed by atoms with Crippen molar-refractivity contribution in [3.63, 3.8) is 0 Å². The Morgan fingerprint density at radius 1 is 1.21 bits per heavy atom. The van der Waals surface area contributed by atoms with Crippen LogP contribution in [-0.2, 0) is 6.54 Å². The van der Waals surface area contributed by atoms with Gasteiger partial charge in [-0.2, -0.15) is 5.26 Å². The van der Waals surface area contributed by atoms with Gasteiger partial charge in [0.2, 0.25) is 0 Å². The molecule has 94 valence electrons. The fourth-order valence-electron chi connectivity index (χ4n) is 1.67. The Bertz CT molecular complexity index is 645. The van der Waals surface area contributed by atoms with Gasteiger partial charge in [-0.15, -0.1) is 0 Å².